The first kappa shape index (κ1) is 18.4. The molecule has 0 aliphatic carbocycles. The van der Waals surface area contributed by atoms with Gasteiger partial charge in [-0.3, -0.25) is 4.90 Å². The minimum atomic E-state index is -3.23. The molecule has 1 fully saturated rings. The first-order chi connectivity index (χ1) is 11.0. The van der Waals surface area contributed by atoms with Crippen molar-refractivity contribution in [3.63, 3.8) is 0 Å². The van der Waals surface area contributed by atoms with Crippen LogP contribution in [0.5, 0.6) is 0 Å². The Kier molecular flexibility index (Phi) is 7.02. The molecule has 1 aromatic rings. The number of ether oxygens (including phenoxy) is 1. The molecule has 5 nitrogen and oxygen atoms in total. The molecule has 1 saturated heterocycles. The van der Waals surface area contributed by atoms with Gasteiger partial charge in [0.15, 0.2) is 0 Å². The normalized spacial score (nSPS) is 18.9. The van der Waals surface area contributed by atoms with Crippen LogP contribution in [0.2, 0.25) is 0 Å². The van der Waals surface area contributed by atoms with Crippen LogP contribution in [0, 0.1) is 5.92 Å². The zero-order valence-electron chi connectivity index (χ0n) is 14.1. The number of hydrogen-bond acceptors (Lipinski definition) is 4. The van der Waals surface area contributed by atoms with Crippen LogP contribution in [-0.4, -0.2) is 51.9 Å². The van der Waals surface area contributed by atoms with Gasteiger partial charge in [0.05, 0.1) is 5.75 Å². The lowest BCUT2D eigenvalue weighted by Gasteiger charge is -2.32. The third kappa shape index (κ3) is 6.59. The third-order valence-electron chi connectivity index (χ3n) is 4.14. The molecule has 1 heterocycles. The Morgan fingerprint density at radius 1 is 1.26 bits per heavy atom. The minimum Gasteiger partial charge on any atom is -0.384 e. The lowest BCUT2D eigenvalue weighted by atomic mass is 10.1. The summed E-state index contributed by atoms with van der Waals surface area (Å²) in [6.07, 6.45) is 1.73. The summed E-state index contributed by atoms with van der Waals surface area (Å²) in [5.41, 5.74) is 1.31. The van der Waals surface area contributed by atoms with E-state index in [9.17, 15) is 8.42 Å². The van der Waals surface area contributed by atoms with Gasteiger partial charge >= 0.3 is 0 Å². The number of sulfonamides is 1. The van der Waals surface area contributed by atoms with Crippen LogP contribution in [-0.2, 0) is 21.3 Å². The van der Waals surface area contributed by atoms with E-state index in [0.717, 1.165) is 32.5 Å². The van der Waals surface area contributed by atoms with E-state index in [4.69, 9.17) is 4.74 Å². The van der Waals surface area contributed by atoms with Crippen LogP contribution in [0.4, 0.5) is 0 Å². The molecule has 2 rings (SSSR count). The monoisotopic (exact) mass is 340 g/mol. The molecule has 1 unspecified atom stereocenters. The summed E-state index contributed by atoms with van der Waals surface area (Å²) in [5.74, 6) is 0.140. The molecular weight excluding hydrogens is 312 g/mol. The lowest BCUT2D eigenvalue weighted by molar-refractivity contribution is 0.167. The molecule has 1 aromatic carbocycles. The first-order valence-corrected chi connectivity index (χ1v) is 9.89. The summed E-state index contributed by atoms with van der Waals surface area (Å²) < 4.78 is 32.2. The Morgan fingerprint density at radius 2 is 1.91 bits per heavy atom. The predicted octanol–water partition coefficient (Wildman–Crippen LogP) is 1.85. The molecule has 0 radical (unpaired) electrons. The standard InChI is InChI=1S/C17H28N2O3S/c1-15(13-22-2)14-23(20,21)18-17-8-10-19(11-9-17)12-16-6-4-3-5-7-16/h3-7,15,17-18H,8-14H2,1-2H3. The van der Waals surface area contributed by atoms with Crippen molar-refractivity contribution >= 4 is 10.0 Å². The fourth-order valence-electron chi connectivity index (χ4n) is 3.06. The average molecular weight is 340 g/mol. The van der Waals surface area contributed by atoms with Crippen molar-refractivity contribution in [3.8, 4) is 0 Å². The molecular formula is C17H28N2O3S. The molecule has 1 aliphatic heterocycles. The van der Waals surface area contributed by atoms with Crippen molar-refractivity contribution in [3.05, 3.63) is 35.9 Å². The van der Waals surface area contributed by atoms with Gasteiger partial charge in [0.2, 0.25) is 10.0 Å². The van der Waals surface area contributed by atoms with Crippen LogP contribution in [0.15, 0.2) is 30.3 Å². The summed E-state index contributed by atoms with van der Waals surface area (Å²) in [6.45, 7) is 5.15. The highest BCUT2D eigenvalue weighted by Crippen LogP contribution is 2.15. The van der Waals surface area contributed by atoms with Gasteiger partial charge in [-0.1, -0.05) is 37.3 Å². The van der Waals surface area contributed by atoms with Crippen LogP contribution >= 0.6 is 0 Å². The number of methoxy groups -OCH3 is 1. The van der Waals surface area contributed by atoms with Crippen LogP contribution in [0.3, 0.4) is 0 Å². The molecule has 130 valence electrons. The smallest absolute Gasteiger partial charge is 0.212 e. The highest BCUT2D eigenvalue weighted by Gasteiger charge is 2.24. The maximum absolute atomic E-state index is 12.2. The lowest BCUT2D eigenvalue weighted by Crippen LogP contribution is -2.45. The van der Waals surface area contributed by atoms with E-state index in [1.807, 2.05) is 13.0 Å². The Morgan fingerprint density at radius 3 is 2.52 bits per heavy atom. The summed E-state index contributed by atoms with van der Waals surface area (Å²) in [6, 6.07) is 10.4. The zero-order valence-corrected chi connectivity index (χ0v) is 14.9. The summed E-state index contributed by atoms with van der Waals surface area (Å²) >= 11 is 0. The number of likely N-dealkylation sites (tertiary alicyclic amines) is 1. The number of rotatable bonds is 8. The van der Waals surface area contributed by atoms with E-state index < -0.39 is 10.0 Å². The van der Waals surface area contributed by atoms with E-state index >= 15 is 0 Å². The number of nitrogens with one attached hydrogen (secondary N) is 1. The molecule has 0 saturated carbocycles. The second-order valence-electron chi connectivity index (χ2n) is 6.50. The maximum atomic E-state index is 12.2. The quantitative estimate of drug-likeness (QED) is 0.785. The van der Waals surface area contributed by atoms with Crippen molar-refractivity contribution < 1.29 is 13.2 Å². The maximum Gasteiger partial charge on any atom is 0.212 e. The van der Waals surface area contributed by atoms with E-state index in [1.165, 1.54) is 5.56 Å². The van der Waals surface area contributed by atoms with E-state index in [2.05, 4.69) is 33.9 Å². The van der Waals surface area contributed by atoms with Crippen molar-refractivity contribution in [2.75, 3.05) is 32.6 Å². The average Bonchev–Trinajstić information content (AvgIpc) is 2.49. The van der Waals surface area contributed by atoms with E-state index in [-0.39, 0.29) is 17.7 Å². The number of benzene rings is 1. The molecule has 0 aromatic heterocycles. The van der Waals surface area contributed by atoms with Gasteiger partial charge in [-0.25, -0.2) is 13.1 Å². The topological polar surface area (TPSA) is 58.6 Å². The Bertz CT molecular complexity index is 554. The molecule has 1 aliphatic rings. The first-order valence-electron chi connectivity index (χ1n) is 8.23. The van der Waals surface area contributed by atoms with Gasteiger partial charge in [-0.15, -0.1) is 0 Å². The highest BCUT2D eigenvalue weighted by molar-refractivity contribution is 7.89. The minimum absolute atomic E-state index is 0.00988. The van der Waals surface area contributed by atoms with Gasteiger partial charge < -0.3 is 4.74 Å². The Labute approximate surface area is 140 Å². The van der Waals surface area contributed by atoms with Crippen LogP contribution < -0.4 is 4.72 Å². The van der Waals surface area contributed by atoms with E-state index in [0.29, 0.717) is 6.61 Å². The molecule has 23 heavy (non-hydrogen) atoms. The molecule has 0 amide bonds. The molecule has 1 N–H and O–H groups in total. The van der Waals surface area contributed by atoms with E-state index in [1.54, 1.807) is 7.11 Å². The second kappa shape index (κ2) is 8.78. The second-order valence-corrected chi connectivity index (χ2v) is 8.29. The van der Waals surface area contributed by atoms with Crippen LogP contribution in [0.1, 0.15) is 25.3 Å². The SMILES string of the molecule is COCC(C)CS(=O)(=O)NC1CCN(Cc2ccccc2)CC1. The fraction of sp³-hybridized carbons (Fsp3) is 0.647. The van der Waals surface area contributed by atoms with Gasteiger partial charge in [0.1, 0.15) is 0 Å². The summed E-state index contributed by atoms with van der Waals surface area (Å²) in [7, 11) is -1.63. The predicted molar refractivity (Wildman–Crippen MR) is 92.7 cm³/mol. The Balaban J connectivity index is 1.76. The van der Waals surface area contributed by atoms with Gasteiger partial charge in [-0.05, 0) is 24.3 Å². The van der Waals surface area contributed by atoms with Crippen molar-refractivity contribution in [2.45, 2.75) is 32.4 Å². The number of nitrogens with zero attached hydrogens (tertiary/aromatic N) is 1. The molecule has 0 spiro atoms. The third-order valence-corrected chi connectivity index (χ3v) is 5.84. The molecule has 0 bridgehead atoms. The zero-order chi connectivity index (χ0) is 16.7. The van der Waals surface area contributed by atoms with Gasteiger partial charge in [0.25, 0.3) is 0 Å². The number of hydrogen-bond donors (Lipinski definition) is 1. The van der Waals surface area contributed by atoms with Gasteiger partial charge in [0, 0.05) is 39.4 Å². The van der Waals surface area contributed by atoms with Crippen molar-refractivity contribution in [1.82, 2.24) is 9.62 Å². The number of piperidine rings is 1. The molecule has 6 heteroatoms. The van der Waals surface area contributed by atoms with Crippen LogP contribution in [0.25, 0.3) is 0 Å². The summed E-state index contributed by atoms with van der Waals surface area (Å²) in [4.78, 5) is 2.38. The molecule has 1 atom stereocenters. The Hall–Kier alpha value is -0.950. The van der Waals surface area contributed by atoms with Crippen molar-refractivity contribution in [1.29, 1.82) is 0 Å². The highest BCUT2D eigenvalue weighted by atomic mass is 32.2. The fourth-order valence-corrected chi connectivity index (χ4v) is 4.74. The van der Waals surface area contributed by atoms with Gasteiger partial charge in [-0.2, -0.15) is 0 Å². The summed E-state index contributed by atoms with van der Waals surface area (Å²) in [5, 5.41) is 0. The van der Waals surface area contributed by atoms with Crippen molar-refractivity contribution in [2.24, 2.45) is 5.92 Å². The largest absolute Gasteiger partial charge is 0.384 e.